The average Bonchev–Trinajstić information content (AvgIpc) is 2.58. The molecule has 0 aliphatic carbocycles. The lowest BCUT2D eigenvalue weighted by Crippen LogP contribution is -2.33. The van der Waals surface area contributed by atoms with Gasteiger partial charge in [0.2, 0.25) is 0 Å². The maximum absolute atomic E-state index is 4.95. The molecule has 0 aliphatic rings. The van der Waals surface area contributed by atoms with Gasteiger partial charge < -0.3 is 10.6 Å². The minimum absolute atomic E-state index is 0.703. The third-order valence-corrected chi connectivity index (χ3v) is 2.42. The van der Waals surface area contributed by atoms with Gasteiger partial charge in [-0.05, 0) is 37.5 Å². The van der Waals surface area contributed by atoms with Crippen molar-refractivity contribution >= 4 is 17.3 Å². The third kappa shape index (κ3) is 3.33. The van der Waals surface area contributed by atoms with Gasteiger partial charge in [0.05, 0.1) is 6.20 Å². The molecule has 0 aliphatic heterocycles. The zero-order chi connectivity index (χ0) is 10.4. The second-order valence-electron chi connectivity index (χ2n) is 3.13. The van der Waals surface area contributed by atoms with E-state index in [2.05, 4.69) is 20.8 Å². The van der Waals surface area contributed by atoms with Crippen LogP contribution in [0.4, 0.5) is 0 Å². The molecular formula is C9H16N4S. The van der Waals surface area contributed by atoms with Crippen LogP contribution in [0.3, 0.4) is 0 Å². The van der Waals surface area contributed by atoms with Crippen molar-refractivity contribution in [3.05, 3.63) is 17.5 Å². The lowest BCUT2D eigenvalue weighted by atomic mass is 10.1. The molecule has 0 atom stereocenters. The van der Waals surface area contributed by atoms with E-state index in [0.29, 0.717) is 5.11 Å². The maximum atomic E-state index is 4.95. The molecule has 14 heavy (non-hydrogen) atoms. The van der Waals surface area contributed by atoms with Crippen LogP contribution < -0.4 is 10.6 Å². The molecular weight excluding hydrogens is 196 g/mol. The summed E-state index contributed by atoms with van der Waals surface area (Å²) in [6.07, 6.45) is 3.97. The molecule has 1 aromatic rings. The van der Waals surface area contributed by atoms with Crippen LogP contribution in [0.2, 0.25) is 0 Å². The van der Waals surface area contributed by atoms with Crippen LogP contribution in [0.1, 0.15) is 17.7 Å². The van der Waals surface area contributed by atoms with Crippen molar-refractivity contribution in [1.29, 1.82) is 0 Å². The first-order chi connectivity index (χ1) is 6.74. The van der Waals surface area contributed by atoms with Crippen molar-refractivity contribution in [3.8, 4) is 0 Å². The summed E-state index contributed by atoms with van der Waals surface area (Å²) in [5.74, 6) is 0. The molecule has 0 unspecified atom stereocenters. The van der Waals surface area contributed by atoms with Crippen molar-refractivity contribution in [2.45, 2.75) is 19.8 Å². The van der Waals surface area contributed by atoms with Crippen LogP contribution in [0.15, 0.2) is 6.20 Å². The largest absolute Gasteiger partial charge is 0.366 e. The second-order valence-corrected chi connectivity index (χ2v) is 3.54. The smallest absolute Gasteiger partial charge is 0.166 e. The molecule has 0 radical (unpaired) electrons. The molecule has 0 saturated heterocycles. The van der Waals surface area contributed by atoms with Crippen molar-refractivity contribution in [3.63, 3.8) is 0 Å². The van der Waals surface area contributed by atoms with Crippen LogP contribution in [0.25, 0.3) is 0 Å². The normalized spacial score (nSPS) is 9.86. The van der Waals surface area contributed by atoms with Crippen LogP contribution in [0, 0.1) is 6.92 Å². The molecule has 5 heteroatoms. The molecule has 0 spiro atoms. The van der Waals surface area contributed by atoms with Gasteiger partial charge in [-0.2, -0.15) is 5.10 Å². The zero-order valence-corrected chi connectivity index (χ0v) is 9.37. The first-order valence-electron chi connectivity index (χ1n) is 4.68. The Bertz CT molecular complexity index is 295. The molecule has 1 heterocycles. The maximum Gasteiger partial charge on any atom is 0.166 e. The number of H-pyrrole nitrogens is 1. The number of rotatable bonds is 4. The van der Waals surface area contributed by atoms with E-state index in [1.165, 1.54) is 5.56 Å². The standard InChI is InChI=1S/C9H16N4S/c1-7-8(6-12-13-7)4-3-5-11-9(14)10-2/h6H,3-5H2,1-2H3,(H,12,13)(H2,10,11,14). The molecule has 0 bridgehead atoms. The second kappa shape index (κ2) is 5.59. The molecule has 78 valence electrons. The minimum atomic E-state index is 0.703. The lowest BCUT2D eigenvalue weighted by Gasteiger charge is -2.05. The summed E-state index contributed by atoms with van der Waals surface area (Å²) in [4.78, 5) is 0. The van der Waals surface area contributed by atoms with E-state index in [1.807, 2.05) is 20.2 Å². The molecule has 0 amide bonds. The molecule has 1 rings (SSSR count). The number of aromatic amines is 1. The van der Waals surface area contributed by atoms with Crippen molar-refractivity contribution < 1.29 is 0 Å². The monoisotopic (exact) mass is 212 g/mol. The van der Waals surface area contributed by atoms with Gasteiger partial charge in [-0.15, -0.1) is 0 Å². The summed E-state index contributed by atoms with van der Waals surface area (Å²) in [6, 6.07) is 0. The van der Waals surface area contributed by atoms with Crippen molar-refractivity contribution in [2.24, 2.45) is 0 Å². The predicted molar refractivity (Wildman–Crippen MR) is 61.3 cm³/mol. The van der Waals surface area contributed by atoms with Crippen LogP contribution in [-0.4, -0.2) is 28.9 Å². The molecule has 3 N–H and O–H groups in total. The number of nitrogens with one attached hydrogen (secondary N) is 3. The van der Waals surface area contributed by atoms with Crippen LogP contribution >= 0.6 is 12.2 Å². The fourth-order valence-corrected chi connectivity index (χ4v) is 1.30. The number of hydrogen-bond acceptors (Lipinski definition) is 2. The molecule has 0 saturated carbocycles. The number of hydrogen-bond donors (Lipinski definition) is 3. The van der Waals surface area contributed by atoms with E-state index in [9.17, 15) is 0 Å². The molecule has 4 nitrogen and oxygen atoms in total. The van der Waals surface area contributed by atoms with Gasteiger partial charge in [-0.1, -0.05) is 0 Å². The Hall–Kier alpha value is -1.10. The van der Waals surface area contributed by atoms with E-state index in [4.69, 9.17) is 12.2 Å². The Kier molecular flexibility index (Phi) is 4.39. The highest BCUT2D eigenvalue weighted by atomic mass is 32.1. The van der Waals surface area contributed by atoms with Gasteiger partial charge in [0, 0.05) is 19.3 Å². The van der Waals surface area contributed by atoms with E-state index in [1.54, 1.807) is 0 Å². The van der Waals surface area contributed by atoms with E-state index >= 15 is 0 Å². The number of aromatic nitrogens is 2. The summed E-state index contributed by atoms with van der Waals surface area (Å²) in [6.45, 7) is 2.93. The topological polar surface area (TPSA) is 52.7 Å². The highest BCUT2D eigenvalue weighted by molar-refractivity contribution is 7.80. The Morgan fingerprint density at radius 2 is 2.43 bits per heavy atom. The van der Waals surface area contributed by atoms with Gasteiger partial charge in [0.25, 0.3) is 0 Å². The fourth-order valence-electron chi connectivity index (χ4n) is 1.20. The zero-order valence-electron chi connectivity index (χ0n) is 8.55. The van der Waals surface area contributed by atoms with Crippen molar-refractivity contribution in [2.75, 3.05) is 13.6 Å². The van der Waals surface area contributed by atoms with E-state index in [0.717, 1.165) is 25.1 Å². The summed E-state index contributed by atoms with van der Waals surface area (Å²) in [7, 11) is 1.82. The molecule has 1 aromatic heterocycles. The Morgan fingerprint density at radius 3 is 3.00 bits per heavy atom. The summed E-state index contributed by atoms with van der Waals surface area (Å²) < 4.78 is 0. The lowest BCUT2D eigenvalue weighted by molar-refractivity contribution is 0.764. The Balaban J connectivity index is 2.16. The van der Waals surface area contributed by atoms with Gasteiger partial charge in [-0.25, -0.2) is 0 Å². The van der Waals surface area contributed by atoms with Crippen molar-refractivity contribution in [1.82, 2.24) is 20.8 Å². The van der Waals surface area contributed by atoms with Gasteiger partial charge >= 0.3 is 0 Å². The summed E-state index contributed by atoms with van der Waals surface area (Å²) >= 11 is 4.95. The number of aryl methyl sites for hydroxylation is 2. The minimum Gasteiger partial charge on any atom is -0.366 e. The first kappa shape index (κ1) is 11.0. The molecule has 0 fully saturated rings. The highest BCUT2D eigenvalue weighted by Gasteiger charge is 1.99. The SMILES string of the molecule is CNC(=S)NCCCc1cn[nH]c1C. The van der Waals surface area contributed by atoms with E-state index < -0.39 is 0 Å². The third-order valence-electron chi connectivity index (χ3n) is 2.07. The molecule has 0 aromatic carbocycles. The predicted octanol–water partition coefficient (Wildman–Crippen LogP) is 0.745. The van der Waals surface area contributed by atoms with Gasteiger partial charge in [0.1, 0.15) is 0 Å². The number of thiocarbonyl (C=S) groups is 1. The van der Waals surface area contributed by atoms with E-state index in [-0.39, 0.29) is 0 Å². The van der Waals surface area contributed by atoms with Gasteiger partial charge in [0.15, 0.2) is 5.11 Å². The van der Waals surface area contributed by atoms with Crippen LogP contribution in [-0.2, 0) is 6.42 Å². The fraction of sp³-hybridized carbons (Fsp3) is 0.556. The summed E-state index contributed by atoms with van der Waals surface area (Å²) in [5.41, 5.74) is 2.43. The van der Waals surface area contributed by atoms with Crippen LogP contribution in [0.5, 0.6) is 0 Å². The quantitative estimate of drug-likeness (QED) is 0.509. The summed E-state index contributed by atoms with van der Waals surface area (Å²) in [5, 5.41) is 13.6. The Morgan fingerprint density at radius 1 is 1.64 bits per heavy atom. The van der Waals surface area contributed by atoms with Gasteiger partial charge in [-0.3, -0.25) is 5.10 Å². The number of nitrogens with zero attached hydrogens (tertiary/aromatic N) is 1. The first-order valence-corrected chi connectivity index (χ1v) is 5.09. The highest BCUT2D eigenvalue weighted by Crippen LogP contribution is 2.04. The average molecular weight is 212 g/mol. The Labute approximate surface area is 89.5 Å².